The van der Waals surface area contributed by atoms with Gasteiger partial charge in [-0.05, 0) is 49.9 Å². The number of aliphatic carboxylic acids is 1. The first-order chi connectivity index (χ1) is 10.2. The first kappa shape index (κ1) is 15.6. The van der Waals surface area contributed by atoms with Crippen molar-refractivity contribution in [2.45, 2.75) is 19.8 Å². The van der Waals surface area contributed by atoms with Crippen molar-refractivity contribution in [2.24, 2.45) is 5.92 Å². The number of carbonyl (C=O) groups is 1. The number of benzene rings is 1. The lowest BCUT2D eigenvalue weighted by molar-refractivity contribution is -0.138. The summed E-state index contributed by atoms with van der Waals surface area (Å²) in [6.45, 7) is 4.67. The van der Waals surface area contributed by atoms with E-state index in [1.165, 1.54) is 12.8 Å². The molecule has 5 heteroatoms. The molecule has 1 aromatic rings. The van der Waals surface area contributed by atoms with Gasteiger partial charge in [0.2, 0.25) is 0 Å². The summed E-state index contributed by atoms with van der Waals surface area (Å²) in [6, 6.07) is 7.48. The van der Waals surface area contributed by atoms with Gasteiger partial charge in [-0.15, -0.1) is 0 Å². The Morgan fingerprint density at radius 2 is 1.86 bits per heavy atom. The highest BCUT2D eigenvalue weighted by molar-refractivity contribution is 5.69. The Morgan fingerprint density at radius 3 is 2.38 bits per heavy atom. The number of nitrogens with zero attached hydrogens (tertiary/aromatic N) is 1. The van der Waals surface area contributed by atoms with Crippen molar-refractivity contribution >= 4 is 5.97 Å². The second-order valence-corrected chi connectivity index (χ2v) is 5.33. The molecule has 0 amide bonds. The second-order valence-electron chi connectivity index (χ2n) is 5.33. The normalized spacial score (nSPS) is 14.2. The minimum atomic E-state index is -0.781. The number of hydrogen-bond donors (Lipinski definition) is 1. The standard InChI is InChI=1S/C16H23NO4/c1-2-20-14-5-7-15(8-6-14)21-10-9-17(12-16(18)19)11-13-3-4-13/h5-8,13H,2-4,9-12H2,1H3,(H,18,19). The highest BCUT2D eigenvalue weighted by Crippen LogP contribution is 2.29. The zero-order valence-corrected chi connectivity index (χ0v) is 12.5. The topological polar surface area (TPSA) is 59.0 Å². The molecule has 21 heavy (non-hydrogen) atoms. The highest BCUT2D eigenvalue weighted by atomic mass is 16.5. The lowest BCUT2D eigenvalue weighted by atomic mass is 10.3. The van der Waals surface area contributed by atoms with E-state index in [1.54, 1.807) is 0 Å². The van der Waals surface area contributed by atoms with Crippen LogP contribution in [0.5, 0.6) is 11.5 Å². The van der Waals surface area contributed by atoms with Crippen LogP contribution in [0.15, 0.2) is 24.3 Å². The molecule has 0 radical (unpaired) electrons. The van der Waals surface area contributed by atoms with E-state index in [2.05, 4.69) is 0 Å². The van der Waals surface area contributed by atoms with E-state index in [0.717, 1.165) is 18.0 Å². The molecule has 0 bridgehead atoms. The van der Waals surface area contributed by atoms with Crippen LogP contribution in [-0.2, 0) is 4.79 Å². The Hall–Kier alpha value is -1.75. The van der Waals surface area contributed by atoms with Gasteiger partial charge in [0.05, 0.1) is 13.2 Å². The van der Waals surface area contributed by atoms with Gasteiger partial charge in [0.1, 0.15) is 18.1 Å². The molecule has 0 saturated heterocycles. The lowest BCUT2D eigenvalue weighted by Gasteiger charge is -2.20. The molecule has 0 unspecified atom stereocenters. The molecule has 116 valence electrons. The Labute approximate surface area is 125 Å². The quantitative estimate of drug-likeness (QED) is 0.717. The number of carboxylic acids is 1. The second kappa shape index (κ2) is 7.88. The van der Waals surface area contributed by atoms with Gasteiger partial charge in [0, 0.05) is 13.1 Å². The third kappa shape index (κ3) is 6.04. The Morgan fingerprint density at radius 1 is 1.24 bits per heavy atom. The van der Waals surface area contributed by atoms with E-state index < -0.39 is 5.97 Å². The summed E-state index contributed by atoms with van der Waals surface area (Å²) in [5.41, 5.74) is 0. The van der Waals surface area contributed by atoms with Gasteiger partial charge in [0.15, 0.2) is 0 Å². The number of carboxylic acid groups (broad SMARTS) is 1. The van der Waals surface area contributed by atoms with Crippen LogP contribution in [0.3, 0.4) is 0 Å². The molecule has 1 aliphatic rings. The molecule has 0 atom stereocenters. The SMILES string of the molecule is CCOc1ccc(OCCN(CC(=O)O)CC2CC2)cc1. The maximum atomic E-state index is 10.8. The van der Waals surface area contributed by atoms with Crippen LogP contribution in [0.2, 0.25) is 0 Å². The van der Waals surface area contributed by atoms with Crippen LogP contribution in [0.4, 0.5) is 0 Å². The predicted molar refractivity (Wildman–Crippen MR) is 79.9 cm³/mol. The molecule has 0 aliphatic heterocycles. The van der Waals surface area contributed by atoms with Crippen LogP contribution in [-0.4, -0.2) is 48.8 Å². The van der Waals surface area contributed by atoms with Crippen LogP contribution >= 0.6 is 0 Å². The van der Waals surface area contributed by atoms with Crippen molar-refractivity contribution in [3.8, 4) is 11.5 Å². The van der Waals surface area contributed by atoms with Gasteiger partial charge < -0.3 is 14.6 Å². The predicted octanol–water partition coefficient (Wildman–Crippen LogP) is 2.26. The first-order valence-corrected chi connectivity index (χ1v) is 7.47. The molecule has 5 nitrogen and oxygen atoms in total. The summed E-state index contributed by atoms with van der Waals surface area (Å²) in [5.74, 6) is 1.50. The van der Waals surface area contributed by atoms with Gasteiger partial charge >= 0.3 is 5.97 Å². The van der Waals surface area contributed by atoms with Crippen LogP contribution < -0.4 is 9.47 Å². The van der Waals surface area contributed by atoms with Crippen molar-refractivity contribution < 1.29 is 19.4 Å². The third-order valence-corrected chi connectivity index (χ3v) is 3.38. The fraction of sp³-hybridized carbons (Fsp3) is 0.562. The number of hydrogen-bond acceptors (Lipinski definition) is 4. The molecular weight excluding hydrogens is 270 g/mol. The third-order valence-electron chi connectivity index (χ3n) is 3.38. The molecule has 1 fully saturated rings. The van der Waals surface area contributed by atoms with Gasteiger partial charge in [-0.25, -0.2) is 0 Å². The molecule has 1 saturated carbocycles. The molecule has 1 aromatic carbocycles. The van der Waals surface area contributed by atoms with Gasteiger partial charge in [-0.3, -0.25) is 9.69 Å². The molecule has 0 spiro atoms. The maximum Gasteiger partial charge on any atom is 0.317 e. The fourth-order valence-corrected chi connectivity index (χ4v) is 2.18. The Balaban J connectivity index is 1.73. The van der Waals surface area contributed by atoms with Gasteiger partial charge in [-0.2, -0.15) is 0 Å². The van der Waals surface area contributed by atoms with E-state index in [4.69, 9.17) is 14.6 Å². The van der Waals surface area contributed by atoms with Crippen molar-refractivity contribution in [3.05, 3.63) is 24.3 Å². The average molecular weight is 293 g/mol. The highest BCUT2D eigenvalue weighted by Gasteiger charge is 2.25. The molecule has 1 aliphatic carbocycles. The van der Waals surface area contributed by atoms with Crippen molar-refractivity contribution in [1.82, 2.24) is 4.90 Å². The summed E-state index contributed by atoms with van der Waals surface area (Å²) < 4.78 is 11.0. The summed E-state index contributed by atoms with van der Waals surface area (Å²) in [5, 5.41) is 8.92. The Kier molecular flexibility index (Phi) is 5.87. The minimum Gasteiger partial charge on any atom is -0.494 e. The van der Waals surface area contributed by atoms with Crippen molar-refractivity contribution in [3.63, 3.8) is 0 Å². The number of ether oxygens (including phenoxy) is 2. The minimum absolute atomic E-state index is 0.0864. The first-order valence-electron chi connectivity index (χ1n) is 7.47. The molecular formula is C16H23NO4. The van der Waals surface area contributed by atoms with E-state index in [0.29, 0.717) is 25.7 Å². The fourth-order valence-electron chi connectivity index (χ4n) is 2.18. The zero-order valence-electron chi connectivity index (χ0n) is 12.5. The summed E-state index contributed by atoms with van der Waals surface area (Å²) in [4.78, 5) is 12.8. The Bertz CT molecular complexity index is 442. The molecule has 0 aromatic heterocycles. The van der Waals surface area contributed by atoms with Gasteiger partial charge in [0.25, 0.3) is 0 Å². The van der Waals surface area contributed by atoms with Crippen molar-refractivity contribution in [2.75, 3.05) is 32.8 Å². The summed E-state index contributed by atoms with van der Waals surface area (Å²) in [6.07, 6.45) is 2.44. The van der Waals surface area contributed by atoms with Gasteiger partial charge in [-0.1, -0.05) is 0 Å². The van der Waals surface area contributed by atoms with E-state index in [1.807, 2.05) is 36.1 Å². The smallest absolute Gasteiger partial charge is 0.317 e. The van der Waals surface area contributed by atoms with Crippen LogP contribution in [0.25, 0.3) is 0 Å². The van der Waals surface area contributed by atoms with Crippen molar-refractivity contribution in [1.29, 1.82) is 0 Å². The maximum absolute atomic E-state index is 10.8. The molecule has 2 rings (SSSR count). The van der Waals surface area contributed by atoms with Crippen LogP contribution in [0, 0.1) is 5.92 Å². The van der Waals surface area contributed by atoms with Crippen LogP contribution in [0.1, 0.15) is 19.8 Å². The molecule has 0 heterocycles. The van der Waals surface area contributed by atoms with E-state index >= 15 is 0 Å². The summed E-state index contributed by atoms with van der Waals surface area (Å²) >= 11 is 0. The van der Waals surface area contributed by atoms with E-state index in [9.17, 15) is 4.79 Å². The largest absolute Gasteiger partial charge is 0.494 e. The number of rotatable bonds is 10. The zero-order chi connectivity index (χ0) is 15.1. The average Bonchev–Trinajstić information content (AvgIpc) is 3.24. The lowest BCUT2D eigenvalue weighted by Crippen LogP contribution is -2.35. The summed E-state index contributed by atoms with van der Waals surface area (Å²) in [7, 11) is 0. The molecule has 1 N–H and O–H groups in total. The van der Waals surface area contributed by atoms with E-state index in [-0.39, 0.29) is 6.54 Å². The monoisotopic (exact) mass is 293 g/mol.